The van der Waals surface area contributed by atoms with Crippen LogP contribution in [0.2, 0.25) is 0 Å². The summed E-state index contributed by atoms with van der Waals surface area (Å²) in [5, 5.41) is 0. The van der Waals surface area contributed by atoms with Crippen molar-refractivity contribution in [1.82, 2.24) is 0 Å². The molecule has 1 atom stereocenters. The largest absolute Gasteiger partial charge is 0.493 e. The van der Waals surface area contributed by atoms with E-state index in [2.05, 4.69) is 0 Å². The van der Waals surface area contributed by atoms with E-state index in [0.29, 0.717) is 17.6 Å². The topological polar surface area (TPSA) is 61.8 Å². The smallest absolute Gasteiger partial charge is 0.347 e. The van der Waals surface area contributed by atoms with E-state index in [9.17, 15) is 9.59 Å². The third-order valence-electron chi connectivity index (χ3n) is 2.64. The minimum Gasteiger partial charge on any atom is -0.493 e. The molecule has 1 aromatic carbocycles. The van der Waals surface area contributed by atoms with Gasteiger partial charge in [0.25, 0.3) is 0 Å². The molecule has 0 fully saturated rings. The second-order valence-electron chi connectivity index (χ2n) is 4.30. The zero-order valence-electron chi connectivity index (χ0n) is 11.5. The van der Waals surface area contributed by atoms with Gasteiger partial charge in [-0.25, -0.2) is 4.79 Å². The van der Waals surface area contributed by atoms with Crippen LogP contribution in [0.25, 0.3) is 0 Å². The molecule has 104 valence electrons. The van der Waals surface area contributed by atoms with Gasteiger partial charge in [0, 0.05) is 5.92 Å². The van der Waals surface area contributed by atoms with Crippen molar-refractivity contribution in [3.8, 4) is 11.5 Å². The number of carbonyl (C=O) groups excluding carboxylic acids is 2. The normalized spacial score (nSPS) is 11.8. The molecule has 0 amide bonds. The molecule has 0 N–H and O–H groups in total. The van der Waals surface area contributed by atoms with Gasteiger partial charge in [0.05, 0.1) is 19.8 Å². The van der Waals surface area contributed by atoms with Gasteiger partial charge in [-0.3, -0.25) is 4.79 Å². The molecule has 0 spiro atoms. The molecule has 1 unspecified atom stereocenters. The maximum absolute atomic E-state index is 11.7. The molecule has 0 radical (unpaired) electrons. The van der Waals surface area contributed by atoms with Gasteiger partial charge in [0.1, 0.15) is 0 Å². The third-order valence-corrected chi connectivity index (χ3v) is 2.64. The van der Waals surface area contributed by atoms with E-state index < -0.39 is 12.1 Å². The summed E-state index contributed by atoms with van der Waals surface area (Å²) in [6.07, 6.45) is -0.132. The van der Waals surface area contributed by atoms with Crippen LogP contribution in [0.4, 0.5) is 0 Å². The Balaban J connectivity index is 3.14. The van der Waals surface area contributed by atoms with E-state index in [1.807, 2.05) is 13.8 Å². The summed E-state index contributed by atoms with van der Waals surface area (Å²) in [5.41, 5.74) is 0.328. The SMILES string of the molecule is COC(=O)C(Oc1c(C=O)cccc1OC)C(C)C. The molecular formula is C14H18O5. The average Bonchev–Trinajstić information content (AvgIpc) is 2.43. The van der Waals surface area contributed by atoms with Crippen LogP contribution < -0.4 is 9.47 Å². The van der Waals surface area contributed by atoms with Crippen molar-refractivity contribution in [2.24, 2.45) is 5.92 Å². The Morgan fingerprint density at radius 2 is 1.95 bits per heavy atom. The van der Waals surface area contributed by atoms with E-state index >= 15 is 0 Å². The highest BCUT2D eigenvalue weighted by molar-refractivity contribution is 5.82. The number of hydrogen-bond donors (Lipinski definition) is 0. The first kappa shape index (κ1) is 15.0. The number of methoxy groups -OCH3 is 2. The average molecular weight is 266 g/mol. The van der Waals surface area contributed by atoms with Gasteiger partial charge in [-0.15, -0.1) is 0 Å². The molecule has 0 aliphatic carbocycles. The van der Waals surface area contributed by atoms with Crippen molar-refractivity contribution in [2.45, 2.75) is 20.0 Å². The van der Waals surface area contributed by atoms with Gasteiger partial charge in [-0.2, -0.15) is 0 Å². The van der Waals surface area contributed by atoms with E-state index in [4.69, 9.17) is 14.2 Å². The highest BCUT2D eigenvalue weighted by atomic mass is 16.6. The molecule has 5 heteroatoms. The second-order valence-corrected chi connectivity index (χ2v) is 4.30. The minimum atomic E-state index is -0.792. The van der Waals surface area contributed by atoms with Gasteiger partial charge in [-0.1, -0.05) is 19.9 Å². The lowest BCUT2D eigenvalue weighted by Gasteiger charge is -2.22. The lowest BCUT2D eigenvalue weighted by molar-refractivity contribution is -0.150. The maximum Gasteiger partial charge on any atom is 0.347 e. The first-order chi connectivity index (χ1) is 9.04. The summed E-state index contributed by atoms with van der Waals surface area (Å²) >= 11 is 0. The van der Waals surface area contributed by atoms with Crippen molar-refractivity contribution >= 4 is 12.3 Å². The van der Waals surface area contributed by atoms with Gasteiger partial charge in [-0.05, 0) is 12.1 Å². The van der Waals surface area contributed by atoms with Crippen molar-refractivity contribution in [3.05, 3.63) is 23.8 Å². The van der Waals surface area contributed by atoms with Crippen LogP contribution >= 0.6 is 0 Å². The molecule has 0 heterocycles. The number of benzene rings is 1. The van der Waals surface area contributed by atoms with Gasteiger partial charge in [0.15, 0.2) is 23.9 Å². The number of para-hydroxylation sites is 1. The van der Waals surface area contributed by atoms with Crippen LogP contribution in [0.1, 0.15) is 24.2 Å². The standard InChI is InChI=1S/C14H18O5/c1-9(2)12(14(16)18-4)19-13-10(8-15)6-5-7-11(13)17-3/h5-9,12H,1-4H3. The van der Waals surface area contributed by atoms with E-state index in [1.54, 1.807) is 18.2 Å². The molecule has 5 nitrogen and oxygen atoms in total. The van der Waals surface area contributed by atoms with E-state index in [-0.39, 0.29) is 11.7 Å². The molecule has 0 saturated carbocycles. The predicted octanol–water partition coefficient (Wildman–Crippen LogP) is 2.08. The number of hydrogen-bond acceptors (Lipinski definition) is 5. The molecule has 0 aromatic heterocycles. The van der Waals surface area contributed by atoms with Gasteiger partial charge < -0.3 is 14.2 Å². The molecule has 1 aromatic rings. The minimum absolute atomic E-state index is 0.100. The third kappa shape index (κ3) is 3.47. The van der Waals surface area contributed by atoms with Crippen molar-refractivity contribution in [2.75, 3.05) is 14.2 Å². The van der Waals surface area contributed by atoms with Crippen molar-refractivity contribution < 1.29 is 23.8 Å². The Kier molecular flexibility index (Phi) is 5.36. The Labute approximate surface area is 112 Å². The number of rotatable bonds is 6. The number of aldehydes is 1. The van der Waals surface area contributed by atoms with Crippen molar-refractivity contribution in [1.29, 1.82) is 0 Å². The monoisotopic (exact) mass is 266 g/mol. The fraction of sp³-hybridized carbons (Fsp3) is 0.429. The Morgan fingerprint density at radius 3 is 2.42 bits per heavy atom. The Bertz CT molecular complexity index is 453. The lowest BCUT2D eigenvalue weighted by Crippen LogP contribution is -2.34. The Morgan fingerprint density at radius 1 is 1.26 bits per heavy atom. The van der Waals surface area contributed by atoms with Crippen molar-refractivity contribution in [3.63, 3.8) is 0 Å². The van der Waals surface area contributed by atoms with Gasteiger partial charge >= 0.3 is 5.97 Å². The summed E-state index contributed by atoms with van der Waals surface area (Å²) in [5.74, 6) is 0.0675. The number of ether oxygens (including phenoxy) is 3. The summed E-state index contributed by atoms with van der Waals surface area (Å²) in [7, 11) is 2.77. The zero-order valence-corrected chi connectivity index (χ0v) is 11.5. The first-order valence-corrected chi connectivity index (χ1v) is 5.91. The summed E-state index contributed by atoms with van der Waals surface area (Å²) in [6, 6.07) is 4.94. The molecule has 0 bridgehead atoms. The van der Waals surface area contributed by atoms with E-state index in [1.165, 1.54) is 14.2 Å². The zero-order chi connectivity index (χ0) is 14.4. The summed E-state index contributed by atoms with van der Waals surface area (Å²) in [6.45, 7) is 3.66. The quantitative estimate of drug-likeness (QED) is 0.582. The second kappa shape index (κ2) is 6.78. The van der Waals surface area contributed by atoms with Gasteiger partial charge in [0.2, 0.25) is 0 Å². The number of esters is 1. The fourth-order valence-corrected chi connectivity index (χ4v) is 1.61. The van der Waals surface area contributed by atoms with Crippen LogP contribution in [0.3, 0.4) is 0 Å². The molecule has 0 aliphatic rings. The molecular weight excluding hydrogens is 248 g/mol. The number of carbonyl (C=O) groups is 2. The van der Waals surface area contributed by atoms with Crippen LogP contribution in [-0.2, 0) is 9.53 Å². The maximum atomic E-state index is 11.7. The van der Waals surface area contributed by atoms with Crippen LogP contribution in [0, 0.1) is 5.92 Å². The Hall–Kier alpha value is -2.04. The molecule has 1 rings (SSSR count). The lowest BCUT2D eigenvalue weighted by atomic mass is 10.1. The van der Waals surface area contributed by atoms with E-state index in [0.717, 1.165) is 0 Å². The predicted molar refractivity (Wildman–Crippen MR) is 69.7 cm³/mol. The fourth-order valence-electron chi connectivity index (χ4n) is 1.61. The molecule has 0 saturated heterocycles. The summed E-state index contributed by atoms with van der Waals surface area (Å²) in [4.78, 5) is 22.7. The molecule has 0 aliphatic heterocycles. The first-order valence-electron chi connectivity index (χ1n) is 5.91. The molecule has 19 heavy (non-hydrogen) atoms. The van der Waals surface area contributed by atoms with Crippen LogP contribution in [-0.4, -0.2) is 32.6 Å². The highest BCUT2D eigenvalue weighted by Gasteiger charge is 2.27. The summed E-state index contributed by atoms with van der Waals surface area (Å²) < 4.78 is 15.5. The highest BCUT2D eigenvalue weighted by Crippen LogP contribution is 2.32. The van der Waals surface area contributed by atoms with Crippen LogP contribution in [0.15, 0.2) is 18.2 Å². The van der Waals surface area contributed by atoms with Crippen LogP contribution in [0.5, 0.6) is 11.5 Å².